The number of carbonyl (C=O) groups excluding carboxylic acids is 1. The molecule has 0 saturated heterocycles. The Hall–Kier alpha value is -1.52. The molecular formula is C11H18N4O. The summed E-state index contributed by atoms with van der Waals surface area (Å²) in [5, 5.41) is 7.09. The molecule has 1 fully saturated rings. The van der Waals surface area contributed by atoms with Gasteiger partial charge in [-0.3, -0.25) is 9.48 Å². The number of nitrogens with zero attached hydrogens (tertiary/aromatic N) is 2. The van der Waals surface area contributed by atoms with Gasteiger partial charge in [-0.2, -0.15) is 5.10 Å². The highest BCUT2D eigenvalue weighted by atomic mass is 16.2. The third-order valence-electron chi connectivity index (χ3n) is 3.09. The van der Waals surface area contributed by atoms with Crippen molar-refractivity contribution < 1.29 is 4.79 Å². The van der Waals surface area contributed by atoms with Crippen LogP contribution in [-0.4, -0.2) is 21.7 Å². The van der Waals surface area contributed by atoms with Crippen LogP contribution >= 0.6 is 0 Å². The maximum Gasteiger partial charge on any atom is 0.274 e. The van der Waals surface area contributed by atoms with Crippen molar-refractivity contribution in [2.45, 2.75) is 39.3 Å². The molecule has 1 saturated carbocycles. The molecule has 1 aliphatic carbocycles. The lowest BCUT2D eigenvalue weighted by Crippen LogP contribution is -2.28. The summed E-state index contributed by atoms with van der Waals surface area (Å²) in [6.07, 6.45) is 3.89. The molecule has 3 N–H and O–H groups in total. The minimum atomic E-state index is -0.148. The first kappa shape index (κ1) is 11.0. The minimum absolute atomic E-state index is 0.148. The average molecular weight is 222 g/mol. The summed E-state index contributed by atoms with van der Waals surface area (Å²) in [5.74, 6) is 0.490. The van der Waals surface area contributed by atoms with Gasteiger partial charge < -0.3 is 11.1 Å². The van der Waals surface area contributed by atoms with Gasteiger partial charge >= 0.3 is 0 Å². The lowest BCUT2D eigenvalue weighted by atomic mass is 10.3. The zero-order valence-electron chi connectivity index (χ0n) is 9.73. The van der Waals surface area contributed by atoms with Crippen LogP contribution in [0.25, 0.3) is 0 Å². The summed E-state index contributed by atoms with van der Waals surface area (Å²) < 4.78 is 1.68. The third-order valence-corrected chi connectivity index (χ3v) is 3.09. The molecule has 88 valence electrons. The van der Waals surface area contributed by atoms with E-state index in [2.05, 4.69) is 17.3 Å². The highest BCUT2D eigenvalue weighted by Crippen LogP contribution is 2.33. The lowest BCUT2D eigenvalue weighted by Gasteiger charge is -2.01. The van der Waals surface area contributed by atoms with Crippen molar-refractivity contribution in [1.82, 2.24) is 15.1 Å². The number of anilines is 1. The van der Waals surface area contributed by atoms with Crippen molar-refractivity contribution in [3.05, 3.63) is 11.9 Å². The van der Waals surface area contributed by atoms with E-state index in [9.17, 15) is 4.79 Å². The number of hydrogen-bond donors (Lipinski definition) is 2. The molecule has 2 rings (SSSR count). The normalized spacial score (nSPS) is 23.1. The van der Waals surface area contributed by atoms with Crippen molar-refractivity contribution in [2.24, 2.45) is 5.92 Å². The summed E-state index contributed by atoms with van der Waals surface area (Å²) in [5.41, 5.74) is 6.54. The van der Waals surface area contributed by atoms with Gasteiger partial charge in [0.05, 0.1) is 5.69 Å². The van der Waals surface area contributed by atoms with Gasteiger partial charge in [0.25, 0.3) is 5.91 Å². The topological polar surface area (TPSA) is 72.9 Å². The van der Waals surface area contributed by atoms with E-state index in [-0.39, 0.29) is 5.91 Å². The van der Waals surface area contributed by atoms with Crippen LogP contribution in [0.1, 0.15) is 37.2 Å². The van der Waals surface area contributed by atoms with E-state index < -0.39 is 0 Å². The average Bonchev–Trinajstić information content (AvgIpc) is 2.90. The van der Waals surface area contributed by atoms with Crippen LogP contribution in [0.15, 0.2) is 6.20 Å². The number of amides is 1. The van der Waals surface area contributed by atoms with E-state index in [0.717, 1.165) is 19.4 Å². The van der Waals surface area contributed by atoms with Crippen LogP contribution in [-0.2, 0) is 6.54 Å². The van der Waals surface area contributed by atoms with Crippen molar-refractivity contribution in [2.75, 3.05) is 5.73 Å². The van der Waals surface area contributed by atoms with Gasteiger partial charge in [-0.05, 0) is 19.3 Å². The molecule has 5 heteroatoms. The van der Waals surface area contributed by atoms with Crippen molar-refractivity contribution in [3.8, 4) is 0 Å². The van der Waals surface area contributed by atoms with Crippen molar-refractivity contribution in [3.63, 3.8) is 0 Å². The number of rotatable bonds is 4. The van der Waals surface area contributed by atoms with E-state index in [1.165, 1.54) is 0 Å². The Morgan fingerprint density at radius 2 is 2.44 bits per heavy atom. The molecule has 1 heterocycles. The molecule has 0 bridgehead atoms. The van der Waals surface area contributed by atoms with Gasteiger partial charge in [0.1, 0.15) is 0 Å². The van der Waals surface area contributed by atoms with Crippen LogP contribution in [0.2, 0.25) is 0 Å². The maximum atomic E-state index is 11.8. The van der Waals surface area contributed by atoms with Crippen LogP contribution in [0.4, 0.5) is 5.69 Å². The number of nitrogen functional groups attached to an aromatic ring is 1. The standard InChI is InChI=1S/C11H18N4O/c1-3-7-5-9(7)13-11(16)10-8(12)6-15(4-2)14-10/h6-7,9H,3-5,12H2,1-2H3,(H,13,16). The second-order valence-electron chi connectivity index (χ2n) is 4.27. The fraction of sp³-hybridized carbons (Fsp3) is 0.636. The number of aromatic nitrogens is 2. The highest BCUT2D eigenvalue weighted by molar-refractivity contribution is 5.97. The number of aryl methyl sites for hydroxylation is 1. The van der Waals surface area contributed by atoms with E-state index in [0.29, 0.717) is 23.3 Å². The number of nitrogens with two attached hydrogens (primary N) is 1. The fourth-order valence-corrected chi connectivity index (χ4v) is 1.89. The Bertz CT molecular complexity index is 399. The van der Waals surface area contributed by atoms with E-state index in [1.54, 1.807) is 10.9 Å². The Balaban J connectivity index is 2.00. The maximum absolute atomic E-state index is 11.8. The molecule has 1 aromatic rings. The monoisotopic (exact) mass is 222 g/mol. The molecule has 2 atom stereocenters. The van der Waals surface area contributed by atoms with E-state index in [4.69, 9.17) is 5.73 Å². The Labute approximate surface area is 95.0 Å². The van der Waals surface area contributed by atoms with Gasteiger partial charge in [0.2, 0.25) is 0 Å². The summed E-state index contributed by atoms with van der Waals surface area (Å²) in [6, 6.07) is 0.323. The molecule has 2 unspecified atom stereocenters. The molecule has 1 aliphatic rings. The SMILES string of the molecule is CCC1CC1NC(=O)c1nn(CC)cc1N. The number of carbonyl (C=O) groups is 1. The minimum Gasteiger partial charge on any atom is -0.396 e. The molecule has 0 spiro atoms. The first-order chi connectivity index (χ1) is 7.65. The highest BCUT2D eigenvalue weighted by Gasteiger charge is 2.37. The summed E-state index contributed by atoms with van der Waals surface area (Å²) in [6.45, 7) is 4.82. The molecule has 0 aromatic carbocycles. The second kappa shape index (κ2) is 4.15. The second-order valence-corrected chi connectivity index (χ2v) is 4.27. The lowest BCUT2D eigenvalue weighted by molar-refractivity contribution is 0.0944. The van der Waals surface area contributed by atoms with Crippen LogP contribution < -0.4 is 11.1 Å². The molecular weight excluding hydrogens is 204 g/mol. The van der Waals surface area contributed by atoms with Gasteiger partial charge in [-0.1, -0.05) is 13.3 Å². The summed E-state index contributed by atoms with van der Waals surface area (Å²) in [4.78, 5) is 11.8. The van der Waals surface area contributed by atoms with Crippen molar-refractivity contribution >= 4 is 11.6 Å². The Kier molecular flexibility index (Phi) is 2.85. The number of hydrogen-bond acceptors (Lipinski definition) is 3. The third kappa shape index (κ3) is 2.03. The van der Waals surface area contributed by atoms with Gasteiger partial charge in [0.15, 0.2) is 5.69 Å². The quantitative estimate of drug-likeness (QED) is 0.798. The molecule has 0 radical (unpaired) electrons. The van der Waals surface area contributed by atoms with Gasteiger partial charge in [-0.25, -0.2) is 0 Å². The molecule has 1 aromatic heterocycles. The first-order valence-electron chi connectivity index (χ1n) is 5.79. The predicted octanol–water partition coefficient (Wildman–Crippen LogP) is 1.01. The Morgan fingerprint density at radius 1 is 1.69 bits per heavy atom. The van der Waals surface area contributed by atoms with Gasteiger partial charge in [-0.15, -0.1) is 0 Å². The summed E-state index contributed by atoms with van der Waals surface area (Å²) in [7, 11) is 0. The molecule has 1 amide bonds. The van der Waals surface area contributed by atoms with E-state index >= 15 is 0 Å². The molecule has 0 aliphatic heterocycles. The largest absolute Gasteiger partial charge is 0.396 e. The van der Waals surface area contributed by atoms with Crippen LogP contribution in [0.3, 0.4) is 0 Å². The smallest absolute Gasteiger partial charge is 0.274 e. The Morgan fingerprint density at radius 3 is 2.94 bits per heavy atom. The van der Waals surface area contributed by atoms with Crippen LogP contribution in [0, 0.1) is 5.92 Å². The zero-order valence-corrected chi connectivity index (χ0v) is 9.73. The molecule has 5 nitrogen and oxygen atoms in total. The molecule has 16 heavy (non-hydrogen) atoms. The number of nitrogens with one attached hydrogen (secondary N) is 1. The summed E-state index contributed by atoms with van der Waals surface area (Å²) >= 11 is 0. The fourth-order valence-electron chi connectivity index (χ4n) is 1.89. The zero-order chi connectivity index (χ0) is 11.7. The first-order valence-corrected chi connectivity index (χ1v) is 5.79. The van der Waals surface area contributed by atoms with Crippen molar-refractivity contribution in [1.29, 1.82) is 0 Å². The predicted molar refractivity (Wildman–Crippen MR) is 62.0 cm³/mol. The van der Waals surface area contributed by atoms with E-state index in [1.807, 2.05) is 6.92 Å². The van der Waals surface area contributed by atoms with Crippen LogP contribution in [0.5, 0.6) is 0 Å². The van der Waals surface area contributed by atoms with Gasteiger partial charge in [0, 0.05) is 18.8 Å².